The zero-order chi connectivity index (χ0) is 17.8. The predicted octanol–water partition coefficient (Wildman–Crippen LogP) is 3.77. The average molecular weight is 344 g/mol. The number of esters is 1. The summed E-state index contributed by atoms with van der Waals surface area (Å²) in [6.07, 6.45) is -0.349. The van der Waals surface area contributed by atoms with Gasteiger partial charge in [0, 0.05) is 12.1 Å². The van der Waals surface area contributed by atoms with Crippen LogP contribution in [0.15, 0.2) is 42.5 Å². The Labute approximate surface area is 146 Å². The van der Waals surface area contributed by atoms with E-state index in [9.17, 15) is 9.18 Å². The Hall–Kier alpha value is -2.76. The van der Waals surface area contributed by atoms with E-state index in [-0.39, 0.29) is 24.5 Å². The molecule has 1 aliphatic heterocycles. The first kappa shape index (κ1) is 17.1. The summed E-state index contributed by atoms with van der Waals surface area (Å²) in [6, 6.07) is 12.6. The van der Waals surface area contributed by atoms with Crippen LogP contribution in [-0.4, -0.2) is 18.7 Å². The smallest absolute Gasteiger partial charge is 0.312 e. The number of rotatable bonds is 6. The van der Waals surface area contributed by atoms with Crippen molar-refractivity contribution in [3.8, 4) is 5.75 Å². The number of anilines is 2. The number of ether oxygens (including phenoxy) is 2. The van der Waals surface area contributed by atoms with E-state index in [0.29, 0.717) is 18.0 Å². The van der Waals surface area contributed by atoms with Crippen LogP contribution in [0.3, 0.4) is 0 Å². The molecular formula is C19H21FN2O3. The summed E-state index contributed by atoms with van der Waals surface area (Å²) in [7, 11) is 0. The molecule has 1 aliphatic rings. The molecule has 2 N–H and O–H groups in total. The predicted molar refractivity (Wildman–Crippen MR) is 94.0 cm³/mol. The fourth-order valence-corrected chi connectivity index (χ4v) is 2.67. The Morgan fingerprint density at radius 2 is 1.88 bits per heavy atom. The molecule has 0 amide bonds. The summed E-state index contributed by atoms with van der Waals surface area (Å²) in [6.45, 7) is 4.14. The van der Waals surface area contributed by atoms with Crippen molar-refractivity contribution < 1.29 is 18.7 Å². The van der Waals surface area contributed by atoms with Gasteiger partial charge in [-0.05, 0) is 19.4 Å². The molecule has 1 heterocycles. The van der Waals surface area contributed by atoms with E-state index in [4.69, 9.17) is 9.47 Å². The van der Waals surface area contributed by atoms with Crippen molar-refractivity contribution in [1.29, 1.82) is 0 Å². The van der Waals surface area contributed by atoms with Crippen LogP contribution in [0, 0.1) is 11.7 Å². The van der Waals surface area contributed by atoms with Gasteiger partial charge >= 0.3 is 5.97 Å². The van der Waals surface area contributed by atoms with Crippen LogP contribution in [0.5, 0.6) is 5.75 Å². The van der Waals surface area contributed by atoms with Gasteiger partial charge in [-0.15, -0.1) is 0 Å². The minimum Gasteiger partial charge on any atom is -0.486 e. The maximum Gasteiger partial charge on any atom is 0.312 e. The molecular weight excluding hydrogens is 323 g/mol. The van der Waals surface area contributed by atoms with E-state index in [1.165, 1.54) is 6.07 Å². The highest BCUT2D eigenvalue weighted by Gasteiger charge is 2.31. The lowest BCUT2D eigenvalue weighted by atomic mass is 10.1. The van der Waals surface area contributed by atoms with Crippen molar-refractivity contribution in [3.05, 3.63) is 53.8 Å². The van der Waals surface area contributed by atoms with Gasteiger partial charge in [0.1, 0.15) is 12.8 Å². The lowest BCUT2D eigenvalue weighted by molar-refractivity contribution is -0.147. The fourth-order valence-electron chi connectivity index (χ4n) is 2.67. The number of halogens is 1. The second kappa shape index (κ2) is 7.42. The number of hydrogen-bond donors (Lipinski definition) is 2. The molecule has 0 fully saturated rings. The van der Waals surface area contributed by atoms with Crippen molar-refractivity contribution in [1.82, 2.24) is 0 Å². The van der Waals surface area contributed by atoms with Gasteiger partial charge in [-0.25, -0.2) is 4.39 Å². The highest BCUT2D eigenvalue weighted by atomic mass is 19.1. The Bertz CT molecular complexity index is 752. The molecule has 2 unspecified atom stereocenters. The molecule has 3 rings (SSSR count). The molecule has 2 atom stereocenters. The Morgan fingerprint density at radius 3 is 2.56 bits per heavy atom. The van der Waals surface area contributed by atoms with Gasteiger partial charge in [-0.2, -0.15) is 0 Å². The minimum absolute atomic E-state index is 0.168. The standard InChI is InChI=1S/C19H21FN2O3/c1-3-24-19(23)12(2)18-21-15-9-14(20)17(10-16(15)22-18)25-11-13-7-5-4-6-8-13/h4-10,12,18,21-22H,3,11H2,1-2H3. The molecule has 132 valence electrons. The topological polar surface area (TPSA) is 59.6 Å². The number of nitrogens with one attached hydrogen (secondary N) is 2. The normalized spacial score (nSPS) is 16.4. The molecule has 6 heteroatoms. The molecule has 2 aromatic carbocycles. The number of fused-ring (bicyclic) bond motifs is 1. The molecule has 0 saturated carbocycles. The summed E-state index contributed by atoms with van der Waals surface area (Å²) in [5.74, 6) is -1.000. The number of hydrogen-bond acceptors (Lipinski definition) is 5. The van der Waals surface area contributed by atoms with Crippen molar-refractivity contribution in [2.45, 2.75) is 26.6 Å². The third-order valence-corrected chi connectivity index (χ3v) is 4.09. The molecule has 0 bridgehead atoms. The van der Waals surface area contributed by atoms with E-state index in [0.717, 1.165) is 5.56 Å². The Balaban J connectivity index is 1.69. The molecule has 2 aromatic rings. The van der Waals surface area contributed by atoms with Crippen molar-refractivity contribution in [2.75, 3.05) is 17.2 Å². The summed E-state index contributed by atoms with van der Waals surface area (Å²) in [4.78, 5) is 11.9. The summed E-state index contributed by atoms with van der Waals surface area (Å²) >= 11 is 0. The van der Waals surface area contributed by atoms with E-state index in [2.05, 4.69) is 10.6 Å². The van der Waals surface area contributed by atoms with Crippen molar-refractivity contribution in [3.63, 3.8) is 0 Å². The van der Waals surface area contributed by atoms with Gasteiger partial charge in [0.25, 0.3) is 0 Å². The second-order valence-electron chi connectivity index (χ2n) is 5.91. The SMILES string of the molecule is CCOC(=O)C(C)C1Nc2cc(F)c(OCc3ccccc3)cc2N1. The molecule has 0 aliphatic carbocycles. The van der Waals surface area contributed by atoms with Crippen LogP contribution in [0.4, 0.5) is 15.8 Å². The van der Waals surface area contributed by atoms with Crippen LogP contribution in [0.1, 0.15) is 19.4 Å². The van der Waals surface area contributed by atoms with Gasteiger partial charge in [0.2, 0.25) is 0 Å². The molecule has 0 aromatic heterocycles. The van der Waals surface area contributed by atoms with Crippen LogP contribution in [0.2, 0.25) is 0 Å². The highest BCUT2D eigenvalue weighted by Crippen LogP contribution is 2.36. The highest BCUT2D eigenvalue weighted by molar-refractivity contribution is 5.80. The van der Waals surface area contributed by atoms with E-state index >= 15 is 0 Å². The summed E-state index contributed by atoms with van der Waals surface area (Å²) < 4.78 is 24.9. The van der Waals surface area contributed by atoms with E-state index in [1.807, 2.05) is 30.3 Å². The summed E-state index contributed by atoms with van der Waals surface area (Å²) in [5, 5.41) is 6.29. The molecule has 0 spiro atoms. The van der Waals surface area contributed by atoms with Gasteiger partial charge in [-0.1, -0.05) is 30.3 Å². The Morgan fingerprint density at radius 1 is 1.20 bits per heavy atom. The van der Waals surface area contributed by atoms with E-state index in [1.54, 1.807) is 19.9 Å². The van der Waals surface area contributed by atoms with Crippen LogP contribution >= 0.6 is 0 Å². The lowest BCUT2D eigenvalue weighted by Gasteiger charge is -2.18. The largest absolute Gasteiger partial charge is 0.486 e. The first-order valence-corrected chi connectivity index (χ1v) is 8.28. The van der Waals surface area contributed by atoms with Crippen LogP contribution in [0.25, 0.3) is 0 Å². The number of carbonyl (C=O) groups excluding carboxylic acids is 1. The van der Waals surface area contributed by atoms with Crippen molar-refractivity contribution >= 4 is 17.3 Å². The van der Waals surface area contributed by atoms with Crippen molar-refractivity contribution in [2.24, 2.45) is 5.92 Å². The maximum absolute atomic E-state index is 14.3. The van der Waals surface area contributed by atoms with Gasteiger partial charge < -0.3 is 20.1 Å². The third kappa shape index (κ3) is 3.84. The van der Waals surface area contributed by atoms with Gasteiger partial charge in [0.15, 0.2) is 11.6 Å². The third-order valence-electron chi connectivity index (χ3n) is 4.09. The first-order chi connectivity index (χ1) is 12.1. The average Bonchev–Trinajstić information content (AvgIpc) is 3.02. The van der Waals surface area contributed by atoms with E-state index < -0.39 is 11.7 Å². The molecule has 0 radical (unpaired) electrons. The molecule has 5 nitrogen and oxygen atoms in total. The molecule has 25 heavy (non-hydrogen) atoms. The van der Waals surface area contributed by atoms with Gasteiger partial charge in [-0.3, -0.25) is 4.79 Å². The zero-order valence-electron chi connectivity index (χ0n) is 14.2. The number of benzene rings is 2. The minimum atomic E-state index is -0.451. The van der Waals surface area contributed by atoms with Crippen LogP contribution < -0.4 is 15.4 Å². The monoisotopic (exact) mass is 344 g/mol. The fraction of sp³-hybridized carbons (Fsp3) is 0.316. The number of carbonyl (C=O) groups is 1. The second-order valence-corrected chi connectivity index (χ2v) is 5.91. The summed E-state index contributed by atoms with van der Waals surface area (Å²) in [5.41, 5.74) is 2.26. The maximum atomic E-state index is 14.3. The lowest BCUT2D eigenvalue weighted by Crippen LogP contribution is -2.36. The zero-order valence-corrected chi connectivity index (χ0v) is 14.2. The molecule has 0 saturated heterocycles. The Kier molecular flexibility index (Phi) is 5.07. The van der Waals surface area contributed by atoms with Gasteiger partial charge in [0.05, 0.1) is 23.9 Å². The van der Waals surface area contributed by atoms with Crippen LogP contribution in [-0.2, 0) is 16.1 Å². The first-order valence-electron chi connectivity index (χ1n) is 8.28. The quantitative estimate of drug-likeness (QED) is 0.781.